The van der Waals surface area contributed by atoms with E-state index in [9.17, 15) is 4.79 Å². The summed E-state index contributed by atoms with van der Waals surface area (Å²) in [5.74, 6) is 0. The molecule has 1 nitrogen and oxygen atoms in total. The van der Waals surface area contributed by atoms with Gasteiger partial charge in [-0.1, -0.05) is 39.0 Å². The summed E-state index contributed by atoms with van der Waals surface area (Å²) >= 11 is 0. The predicted octanol–water partition coefficient (Wildman–Crippen LogP) is 3.14. The van der Waals surface area contributed by atoms with Crippen LogP contribution < -0.4 is 0 Å². The Kier molecular flexibility index (Phi) is 9.38. The molecule has 0 atom stereocenters. The molecule has 0 saturated carbocycles. The molecule has 0 bridgehead atoms. The highest BCUT2D eigenvalue weighted by molar-refractivity contribution is 5.50. The van der Waals surface area contributed by atoms with Crippen LogP contribution in [0.15, 0.2) is 0 Å². The van der Waals surface area contributed by atoms with Gasteiger partial charge in [-0.2, -0.15) is 0 Å². The highest BCUT2D eigenvalue weighted by atomic mass is 16.1. The third-order valence-electron chi connectivity index (χ3n) is 1.77. The van der Waals surface area contributed by atoms with Gasteiger partial charge in [0.2, 0.25) is 0 Å². The van der Waals surface area contributed by atoms with Crippen LogP contribution in [0.4, 0.5) is 0 Å². The second kappa shape index (κ2) is 9.67. The van der Waals surface area contributed by atoms with E-state index in [2.05, 4.69) is 13.3 Å². The number of carbonyl (C=O) groups excluding carboxylic acids is 1. The van der Waals surface area contributed by atoms with Crippen molar-refractivity contribution in [3.8, 4) is 0 Å². The van der Waals surface area contributed by atoms with Crippen molar-refractivity contribution in [2.24, 2.45) is 0 Å². The fourth-order valence-corrected chi connectivity index (χ4v) is 1.08. The van der Waals surface area contributed by atoms with Crippen LogP contribution in [0.25, 0.3) is 0 Å². The molecule has 0 aliphatic heterocycles. The van der Waals surface area contributed by atoms with Crippen LogP contribution >= 0.6 is 0 Å². The number of rotatable bonds is 8. The van der Waals surface area contributed by atoms with E-state index in [1.165, 1.54) is 32.1 Å². The zero-order valence-electron chi connectivity index (χ0n) is 7.51. The van der Waals surface area contributed by atoms with Crippen LogP contribution in [0.3, 0.4) is 0 Å². The van der Waals surface area contributed by atoms with E-state index in [0.717, 1.165) is 12.7 Å². The maximum atomic E-state index is 9.91. The Hall–Kier alpha value is -0.330. The third-order valence-corrected chi connectivity index (χ3v) is 1.77. The molecule has 1 radical (unpaired) electrons. The fourth-order valence-electron chi connectivity index (χ4n) is 1.08. The normalized spacial score (nSPS) is 9.91. The average Bonchev–Trinajstić information content (AvgIpc) is 2.03. The van der Waals surface area contributed by atoms with Crippen molar-refractivity contribution in [2.75, 3.05) is 0 Å². The Morgan fingerprint density at radius 1 is 1.09 bits per heavy atom. The van der Waals surface area contributed by atoms with Gasteiger partial charge in [-0.25, -0.2) is 0 Å². The molecule has 0 unspecified atom stereocenters. The Bertz CT molecular complexity index is 78.9. The molecule has 0 aromatic rings. The van der Waals surface area contributed by atoms with Gasteiger partial charge >= 0.3 is 0 Å². The average molecular weight is 155 g/mol. The minimum atomic E-state index is 0.633. The first-order valence-electron chi connectivity index (χ1n) is 4.67. The number of hydrogen-bond donors (Lipinski definition) is 0. The van der Waals surface area contributed by atoms with Gasteiger partial charge in [-0.15, -0.1) is 0 Å². The first-order chi connectivity index (χ1) is 5.41. The van der Waals surface area contributed by atoms with Gasteiger partial charge in [0.1, 0.15) is 6.29 Å². The van der Waals surface area contributed by atoms with Crippen LogP contribution in [0.1, 0.15) is 51.9 Å². The summed E-state index contributed by atoms with van der Waals surface area (Å²) in [5, 5.41) is 0. The van der Waals surface area contributed by atoms with Crippen molar-refractivity contribution in [3.05, 3.63) is 6.42 Å². The molecule has 0 amide bonds. The monoisotopic (exact) mass is 155 g/mol. The SMILES string of the molecule is CCCCCCC[CH]CC=O. The Morgan fingerprint density at radius 3 is 2.45 bits per heavy atom. The molecular weight excluding hydrogens is 136 g/mol. The van der Waals surface area contributed by atoms with Crippen molar-refractivity contribution >= 4 is 6.29 Å². The van der Waals surface area contributed by atoms with Crippen LogP contribution in [-0.4, -0.2) is 6.29 Å². The van der Waals surface area contributed by atoms with Gasteiger partial charge in [0.05, 0.1) is 0 Å². The predicted molar refractivity (Wildman–Crippen MR) is 48.4 cm³/mol. The third kappa shape index (κ3) is 9.67. The van der Waals surface area contributed by atoms with Gasteiger partial charge in [0, 0.05) is 6.42 Å². The number of carbonyl (C=O) groups is 1. The number of unbranched alkanes of at least 4 members (excludes halogenated alkanes) is 7. The molecule has 0 aliphatic carbocycles. The second-order valence-corrected chi connectivity index (χ2v) is 2.89. The van der Waals surface area contributed by atoms with Crippen LogP contribution in [0, 0.1) is 6.42 Å². The van der Waals surface area contributed by atoms with Crippen molar-refractivity contribution in [2.45, 2.75) is 51.9 Å². The lowest BCUT2D eigenvalue weighted by Gasteiger charge is -1.97. The highest BCUT2D eigenvalue weighted by Gasteiger charge is 1.89. The lowest BCUT2D eigenvalue weighted by atomic mass is 10.1. The molecule has 0 saturated heterocycles. The highest BCUT2D eigenvalue weighted by Crippen LogP contribution is 2.06. The molecule has 0 rings (SSSR count). The van der Waals surface area contributed by atoms with E-state index >= 15 is 0 Å². The van der Waals surface area contributed by atoms with Crippen LogP contribution in [-0.2, 0) is 4.79 Å². The Morgan fingerprint density at radius 2 is 1.82 bits per heavy atom. The van der Waals surface area contributed by atoms with Crippen molar-refractivity contribution < 1.29 is 4.79 Å². The maximum absolute atomic E-state index is 9.91. The van der Waals surface area contributed by atoms with E-state index in [1.807, 2.05) is 0 Å². The minimum Gasteiger partial charge on any atom is -0.303 e. The number of aldehydes is 1. The molecule has 65 valence electrons. The van der Waals surface area contributed by atoms with Crippen molar-refractivity contribution in [3.63, 3.8) is 0 Å². The Balaban J connectivity index is 2.74. The summed E-state index contributed by atoms with van der Waals surface area (Å²) in [5.41, 5.74) is 0. The molecular formula is C10H19O. The second-order valence-electron chi connectivity index (χ2n) is 2.89. The summed E-state index contributed by atoms with van der Waals surface area (Å²) < 4.78 is 0. The van der Waals surface area contributed by atoms with E-state index < -0.39 is 0 Å². The molecule has 0 fully saturated rings. The lowest BCUT2D eigenvalue weighted by molar-refractivity contribution is -0.107. The zero-order chi connectivity index (χ0) is 8.36. The summed E-state index contributed by atoms with van der Waals surface area (Å²) in [6.45, 7) is 2.22. The molecule has 0 aliphatic rings. The van der Waals surface area contributed by atoms with E-state index in [4.69, 9.17) is 0 Å². The number of hydrogen-bond acceptors (Lipinski definition) is 1. The van der Waals surface area contributed by atoms with Gasteiger partial charge in [0.25, 0.3) is 0 Å². The Labute approximate surface area is 70.2 Å². The van der Waals surface area contributed by atoms with Crippen LogP contribution in [0.5, 0.6) is 0 Å². The standard InChI is InChI=1S/C10H19O/c1-2-3-4-5-6-7-8-9-10-11/h8,10H,2-7,9H2,1H3. The molecule has 0 aromatic carbocycles. The molecule has 0 N–H and O–H groups in total. The van der Waals surface area contributed by atoms with Crippen molar-refractivity contribution in [1.82, 2.24) is 0 Å². The van der Waals surface area contributed by atoms with Gasteiger partial charge < -0.3 is 4.79 Å². The first kappa shape index (κ1) is 10.7. The summed E-state index contributed by atoms with van der Waals surface area (Å²) in [6, 6.07) is 0. The quantitative estimate of drug-likeness (QED) is 0.389. The fraction of sp³-hybridized carbons (Fsp3) is 0.800. The zero-order valence-corrected chi connectivity index (χ0v) is 7.51. The van der Waals surface area contributed by atoms with Crippen molar-refractivity contribution in [1.29, 1.82) is 0 Å². The molecule has 0 spiro atoms. The first-order valence-corrected chi connectivity index (χ1v) is 4.67. The van der Waals surface area contributed by atoms with Gasteiger partial charge in [0.15, 0.2) is 0 Å². The van der Waals surface area contributed by atoms with Crippen LogP contribution in [0.2, 0.25) is 0 Å². The molecule has 0 aromatic heterocycles. The topological polar surface area (TPSA) is 17.1 Å². The summed E-state index contributed by atoms with van der Waals surface area (Å²) in [4.78, 5) is 9.91. The summed E-state index contributed by atoms with van der Waals surface area (Å²) in [6.07, 6.45) is 11.4. The van der Waals surface area contributed by atoms with E-state index in [-0.39, 0.29) is 0 Å². The summed E-state index contributed by atoms with van der Waals surface area (Å²) in [7, 11) is 0. The smallest absolute Gasteiger partial charge is 0.120 e. The lowest BCUT2D eigenvalue weighted by Crippen LogP contribution is -1.81. The van der Waals surface area contributed by atoms with Gasteiger partial charge in [-0.05, 0) is 12.8 Å². The minimum absolute atomic E-state index is 0.633. The van der Waals surface area contributed by atoms with Gasteiger partial charge in [-0.3, -0.25) is 0 Å². The van der Waals surface area contributed by atoms with E-state index in [0.29, 0.717) is 6.42 Å². The molecule has 11 heavy (non-hydrogen) atoms. The largest absolute Gasteiger partial charge is 0.303 e. The maximum Gasteiger partial charge on any atom is 0.120 e. The molecule has 0 heterocycles. The molecule has 1 heteroatoms. The van der Waals surface area contributed by atoms with E-state index in [1.54, 1.807) is 0 Å².